The minimum absolute atomic E-state index is 0.288. The highest BCUT2D eigenvalue weighted by Gasteiger charge is 2.39. The number of quaternary nitrogens is 1. The van der Waals surface area contributed by atoms with E-state index in [1.807, 2.05) is 7.05 Å². The van der Waals surface area contributed by atoms with Crippen molar-refractivity contribution in [3.63, 3.8) is 0 Å². The standard InChI is InChI=1S/C26H34F2NO4P/c1-29(16-34(2)3,14-21(30)25-8-4-17-12-19(27)6-10-23(17)32-25)15-22(31)26-9-5-18-13-20(28)7-11-24(18)33-26/h6-7,10-13,21-22,25-26,30-31H,2,4-5,8-9,14-16H2,1,3H3/q+2. The first-order chi connectivity index (χ1) is 16.1. The molecule has 34 heavy (non-hydrogen) atoms. The van der Waals surface area contributed by atoms with Crippen LogP contribution in [0.5, 0.6) is 11.5 Å². The first-order valence-corrected chi connectivity index (χ1v) is 13.9. The van der Waals surface area contributed by atoms with Gasteiger partial charge >= 0.3 is 0 Å². The van der Waals surface area contributed by atoms with E-state index in [0.717, 1.165) is 17.4 Å². The Morgan fingerprint density at radius 3 is 1.79 bits per heavy atom. The Balaban J connectivity index is 1.42. The van der Waals surface area contributed by atoms with E-state index in [-0.39, 0.29) is 11.6 Å². The largest absolute Gasteiger partial charge is 0.487 e. The predicted molar refractivity (Wildman–Crippen MR) is 131 cm³/mol. The third-order valence-corrected chi connectivity index (χ3v) is 7.86. The highest BCUT2D eigenvalue weighted by Crippen LogP contribution is 2.32. The molecule has 0 fully saturated rings. The molecule has 2 aliphatic heterocycles. The van der Waals surface area contributed by atoms with E-state index in [0.29, 0.717) is 54.8 Å². The van der Waals surface area contributed by atoms with Crippen LogP contribution >= 0.6 is 7.55 Å². The van der Waals surface area contributed by atoms with Gasteiger partial charge in [0, 0.05) is 0 Å². The first kappa shape index (κ1) is 25.1. The Morgan fingerprint density at radius 1 is 0.941 bits per heavy atom. The van der Waals surface area contributed by atoms with Crippen LogP contribution in [0.25, 0.3) is 0 Å². The van der Waals surface area contributed by atoms with E-state index in [1.54, 1.807) is 12.1 Å². The molecule has 5 nitrogen and oxygen atoms in total. The van der Waals surface area contributed by atoms with Crippen molar-refractivity contribution in [3.8, 4) is 11.5 Å². The quantitative estimate of drug-likeness (QED) is 0.435. The number of ether oxygens (including phenoxy) is 2. The fraction of sp³-hybridized carbons (Fsp3) is 0.500. The molecule has 0 bridgehead atoms. The predicted octanol–water partition coefficient (Wildman–Crippen LogP) is 3.72. The van der Waals surface area contributed by atoms with Crippen molar-refractivity contribution in [3.05, 3.63) is 59.2 Å². The maximum absolute atomic E-state index is 13.5. The number of hydrogen-bond acceptors (Lipinski definition) is 4. The average Bonchev–Trinajstić information content (AvgIpc) is 2.77. The van der Waals surface area contributed by atoms with Gasteiger partial charge < -0.3 is 19.7 Å². The Hall–Kier alpha value is -2.05. The van der Waals surface area contributed by atoms with E-state index in [4.69, 9.17) is 9.47 Å². The second-order valence-corrected chi connectivity index (χ2v) is 12.0. The smallest absolute Gasteiger partial charge is 0.228 e. The summed E-state index contributed by atoms with van der Waals surface area (Å²) in [4.78, 5) is 0. The fourth-order valence-electron chi connectivity index (χ4n) is 5.21. The molecule has 5 unspecified atom stereocenters. The Bertz CT molecular complexity index is 978. The number of hydrogen-bond donors (Lipinski definition) is 2. The lowest BCUT2D eigenvalue weighted by Gasteiger charge is -2.39. The number of aliphatic hydroxyl groups excluding tert-OH is 2. The van der Waals surface area contributed by atoms with Crippen molar-refractivity contribution >= 4 is 13.8 Å². The van der Waals surface area contributed by atoms with Gasteiger partial charge in [0.15, 0.2) is 0 Å². The number of rotatable bonds is 8. The molecule has 2 heterocycles. The first-order valence-electron chi connectivity index (χ1n) is 11.7. The minimum atomic E-state index is -0.749. The van der Waals surface area contributed by atoms with E-state index in [1.165, 1.54) is 24.3 Å². The summed E-state index contributed by atoms with van der Waals surface area (Å²) in [6, 6.07) is 8.94. The number of aryl methyl sites for hydroxylation is 2. The molecule has 0 aliphatic carbocycles. The van der Waals surface area contributed by atoms with Gasteiger partial charge in [-0.05, 0) is 73.2 Å². The van der Waals surface area contributed by atoms with Crippen LogP contribution in [-0.4, -0.2) is 78.5 Å². The molecule has 5 atom stereocenters. The summed E-state index contributed by atoms with van der Waals surface area (Å²) < 4.78 is 39.5. The topological polar surface area (TPSA) is 58.9 Å². The Morgan fingerprint density at radius 2 is 1.38 bits per heavy atom. The number of halogens is 2. The van der Waals surface area contributed by atoms with Crippen LogP contribution in [0.1, 0.15) is 24.0 Å². The van der Waals surface area contributed by atoms with Crippen LogP contribution in [0.2, 0.25) is 0 Å². The third-order valence-electron chi connectivity index (χ3n) is 6.69. The number of benzene rings is 2. The summed E-state index contributed by atoms with van der Waals surface area (Å²) in [6.07, 6.45) is 5.13. The number of nitrogens with zero attached hydrogens (tertiary/aromatic N) is 1. The molecule has 8 heteroatoms. The van der Waals surface area contributed by atoms with Gasteiger partial charge in [-0.3, -0.25) is 4.48 Å². The van der Waals surface area contributed by atoms with Crippen molar-refractivity contribution in [2.45, 2.75) is 50.1 Å². The summed E-state index contributed by atoms with van der Waals surface area (Å²) >= 11 is 0. The van der Waals surface area contributed by atoms with Crippen molar-refractivity contribution in [2.75, 3.05) is 33.1 Å². The molecule has 0 aromatic heterocycles. The van der Waals surface area contributed by atoms with Gasteiger partial charge in [-0.2, -0.15) is 0 Å². The molecule has 0 spiro atoms. The van der Waals surface area contributed by atoms with Crippen molar-refractivity contribution in [1.29, 1.82) is 0 Å². The minimum Gasteiger partial charge on any atom is -0.487 e. The lowest BCUT2D eigenvalue weighted by Crippen LogP contribution is -2.57. The maximum Gasteiger partial charge on any atom is 0.228 e. The Kier molecular flexibility index (Phi) is 7.58. The summed E-state index contributed by atoms with van der Waals surface area (Å²) in [5.41, 5.74) is 1.64. The summed E-state index contributed by atoms with van der Waals surface area (Å²) in [6.45, 7) is 2.87. The van der Waals surface area contributed by atoms with E-state index < -0.39 is 32.0 Å². The van der Waals surface area contributed by atoms with Gasteiger partial charge in [0.25, 0.3) is 0 Å². The Labute approximate surface area is 200 Å². The summed E-state index contributed by atoms with van der Waals surface area (Å²) in [7, 11) is 1.48. The zero-order chi connectivity index (χ0) is 24.5. The number of aliphatic hydroxyl groups is 2. The number of likely N-dealkylation sites (N-methyl/N-ethyl adjacent to an activating group) is 1. The molecule has 0 amide bonds. The molecular formula is C26H34F2NO4P+2. The van der Waals surface area contributed by atoms with Crippen LogP contribution < -0.4 is 9.47 Å². The number of fused-ring (bicyclic) bond motifs is 2. The van der Waals surface area contributed by atoms with Crippen LogP contribution in [-0.2, 0) is 12.8 Å². The van der Waals surface area contributed by atoms with Crippen LogP contribution in [0.3, 0.4) is 0 Å². The fourth-order valence-corrected chi connectivity index (χ4v) is 6.61. The molecule has 4 rings (SSSR count). The van der Waals surface area contributed by atoms with Crippen LogP contribution in [0.15, 0.2) is 36.4 Å². The van der Waals surface area contributed by atoms with Gasteiger partial charge in [-0.15, -0.1) is 0 Å². The van der Waals surface area contributed by atoms with Crippen LogP contribution in [0, 0.1) is 11.6 Å². The third kappa shape index (κ3) is 5.95. The lowest BCUT2D eigenvalue weighted by atomic mass is 9.97. The van der Waals surface area contributed by atoms with Crippen molar-refractivity contribution in [2.24, 2.45) is 0 Å². The van der Waals surface area contributed by atoms with Crippen molar-refractivity contribution in [1.82, 2.24) is 0 Å². The molecule has 2 aliphatic rings. The second kappa shape index (κ2) is 10.3. The molecule has 2 N–H and O–H groups in total. The lowest BCUT2D eigenvalue weighted by molar-refractivity contribution is -0.904. The summed E-state index contributed by atoms with van der Waals surface area (Å²) in [5, 5.41) is 22.2. The zero-order valence-corrected chi connectivity index (χ0v) is 20.7. The van der Waals surface area contributed by atoms with Crippen LogP contribution in [0.4, 0.5) is 8.78 Å². The normalized spacial score (nSPS) is 23.4. The van der Waals surface area contributed by atoms with Gasteiger partial charge in [0.2, 0.25) is 6.29 Å². The van der Waals surface area contributed by atoms with E-state index in [9.17, 15) is 19.0 Å². The van der Waals surface area contributed by atoms with Crippen molar-refractivity contribution < 1.29 is 33.0 Å². The molecule has 0 saturated heterocycles. The molecule has 0 radical (unpaired) electrons. The van der Waals surface area contributed by atoms with E-state index in [2.05, 4.69) is 13.0 Å². The molecule has 0 saturated carbocycles. The van der Waals surface area contributed by atoms with Gasteiger partial charge in [0.1, 0.15) is 74.8 Å². The SMILES string of the molecule is C=[P+](C)C[N+](C)(CC(O)C1CCc2cc(F)ccc2O1)CC(O)C1CCc2cc(F)ccc2O1. The highest BCUT2D eigenvalue weighted by molar-refractivity contribution is 7.54. The second-order valence-electron chi connectivity index (χ2n) is 10.0. The van der Waals surface area contributed by atoms with Gasteiger partial charge in [0.05, 0.1) is 13.3 Å². The monoisotopic (exact) mass is 493 g/mol. The molecule has 2 aromatic carbocycles. The average molecular weight is 494 g/mol. The van der Waals surface area contributed by atoms with Gasteiger partial charge in [-0.1, -0.05) is 0 Å². The molecular weight excluding hydrogens is 459 g/mol. The summed E-state index contributed by atoms with van der Waals surface area (Å²) in [5.74, 6) is 0.658. The van der Waals surface area contributed by atoms with Gasteiger partial charge in [-0.25, -0.2) is 8.78 Å². The molecule has 2 aromatic rings. The maximum atomic E-state index is 13.5. The molecule has 184 valence electrons. The van der Waals surface area contributed by atoms with E-state index >= 15 is 0 Å². The zero-order valence-electron chi connectivity index (χ0n) is 19.8. The highest BCUT2D eigenvalue weighted by atomic mass is 31.1.